The van der Waals surface area contributed by atoms with Crippen molar-refractivity contribution in [1.29, 1.82) is 0 Å². The molecule has 1 aromatic carbocycles. The maximum atomic E-state index is 5.36. The Morgan fingerprint density at radius 1 is 1.11 bits per heavy atom. The molecule has 0 bridgehead atoms. The van der Waals surface area contributed by atoms with E-state index >= 15 is 0 Å². The summed E-state index contributed by atoms with van der Waals surface area (Å²) in [4.78, 5) is 0. The summed E-state index contributed by atoms with van der Waals surface area (Å²) in [6.07, 6.45) is 6.31. The second kappa shape index (κ2) is 6.80. The Morgan fingerprint density at radius 2 is 1.79 bits per heavy atom. The van der Waals surface area contributed by atoms with Crippen LogP contribution in [0.4, 0.5) is 0 Å². The Balaban J connectivity index is 1.84. The lowest BCUT2D eigenvalue weighted by atomic mass is 10.0. The molecular formula is C16H25NO2. The molecule has 0 heterocycles. The highest BCUT2D eigenvalue weighted by Crippen LogP contribution is 2.30. The molecule has 0 spiro atoms. The van der Waals surface area contributed by atoms with Crippen LogP contribution in [-0.4, -0.2) is 26.8 Å². The molecule has 19 heavy (non-hydrogen) atoms. The van der Waals surface area contributed by atoms with Crippen molar-refractivity contribution in [1.82, 2.24) is 5.32 Å². The zero-order valence-electron chi connectivity index (χ0n) is 12.3. The number of nitrogens with one attached hydrogen (secondary N) is 1. The molecule has 1 fully saturated rings. The molecule has 3 heteroatoms. The number of aryl methyl sites for hydroxylation is 2. The predicted molar refractivity (Wildman–Crippen MR) is 78.2 cm³/mol. The van der Waals surface area contributed by atoms with Crippen LogP contribution in [0.3, 0.4) is 0 Å². The van der Waals surface area contributed by atoms with Crippen molar-refractivity contribution in [2.24, 2.45) is 0 Å². The summed E-state index contributed by atoms with van der Waals surface area (Å²) in [5.41, 5.74) is 2.65. The third-order valence-corrected chi connectivity index (χ3v) is 3.73. The molecule has 0 aliphatic heterocycles. The Kier molecular flexibility index (Phi) is 5.08. The fraction of sp³-hybridized carbons (Fsp3) is 0.625. The van der Waals surface area contributed by atoms with Crippen molar-refractivity contribution in [2.45, 2.75) is 45.1 Å². The van der Waals surface area contributed by atoms with E-state index in [4.69, 9.17) is 9.47 Å². The molecule has 0 unspecified atom stereocenters. The Hall–Kier alpha value is -1.22. The Bertz CT molecular complexity index is 413. The zero-order chi connectivity index (χ0) is 13.7. The van der Waals surface area contributed by atoms with Gasteiger partial charge in [0.05, 0.1) is 14.2 Å². The largest absolute Gasteiger partial charge is 0.493 e. The smallest absolute Gasteiger partial charge is 0.161 e. The molecule has 0 aromatic heterocycles. The maximum absolute atomic E-state index is 5.36. The average Bonchev–Trinajstić information content (AvgIpc) is 3.23. The van der Waals surface area contributed by atoms with E-state index in [0.717, 1.165) is 30.5 Å². The van der Waals surface area contributed by atoms with E-state index in [1.165, 1.54) is 36.8 Å². The summed E-state index contributed by atoms with van der Waals surface area (Å²) >= 11 is 0. The van der Waals surface area contributed by atoms with Gasteiger partial charge in [0.1, 0.15) is 0 Å². The SMILES string of the molecule is COc1cc(C)c(CCCCNC2CC2)cc1OC. The minimum absolute atomic E-state index is 0.819. The van der Waals surface area contributed by atoms with E-state index in [1.54, 1.807) is 14.2 Å². The summed E-state index contributed by atoms with van der Waals surface area (Å²) in [5, 5.41) is 3.55. The molecular weight excluding hydrogens is 238 g/mol. The average molecular weight is 263 g/mol. The van der Waals surface area contributed by atoms with Crippen molar-refractivity contribution < 1.29 is 9.47 Å². The molecule has 0 saturated heterocycles. The van der Waals surface area contributed by atoms with Gasteiger partial charge in [0, 0.05) is 6.04 Å². The van der Waals surface area contributed by atoms with Crippen LogP contribution in [0.2, 0.25) is 0 Å². The monoisotopic (exact) mass is 263 g/mol. The van der Waals surface area contributed by atoms with Gasteiger partial charge in [0.15, 0.2) is 11.5 Å². The van der Waals surface area contributed by atoms with Crippen LogP contribution in [0, 0.1) is 6.92 Å². The zero-order valence-corrected chi connectivity index (χ0v) is 12.3. The van der Waals surface area contributed by atoms with Crippen LogP contribution in [0.15, 0.2) is 12.1 Å². The van der Waals surface area contributed by atoms with Gasteiger partial charge >= 0.3 is 0 Å². The molecule has 106 valence electrons. The molecule has 1 saturated carbocycles. The van der Waals surface area contributed by atoms with Crippen LogP contribution >= 0.6 is 0 Å². The van der Waals surface area contributed by atoms with Gasteiger partial charge in [-0.05, 0) is 68.8 Å². The third-order valence-electron chi connectivity index (χ3n) is 3.73. The molecule has 0 radical (unpaired) electrons. The van der Waals surface area contributed by atoms with Gasteiger partial charge < -0.3 is 14.8 Å². The van der Waals surface area contributed by atoms with Gasteiger partial charge in [-0.25, -0.2) is 0 Å². The standard InChI is InChI=1S/C16H25NO2/c1-12-10-15(18-2)16(19-3)11-13(12)6-4-5-9-17-14-7-8-14/h10-11,14,17H,4-9H2,1-3H3. The summed E-state index contributed by atoms with van der Waals surface area (Å²) < 4.78 is 10.7. The minimum Gasteiger partial charge on any atom is -0.493 e. The first-order valence-corrected chi connectivity index (χ1v) is 7.19. The molecule has 1 aliphatic rings. The number of hydrogen-bond donors (Lipinski definition) is 1. The topological polar surface area (TPSA) is 30.5 Å². The Labute approximate surface area is 116 Å². The lowest BCUT2D eigenvalue weighted by Gasteiger charge is -2.12. The number of benzene rings is 1. The molecule has 1 aromatic rings. The normalized spacial score (nSPS) is 14.5. The number of rotatable bonds is 8. The van der Waals surface area contributed by atoms with Gasteiger partial charge in [-0.3, -0.25) is 0 Å². The van der Waals surface area contributed by atoms with Crippen LogP contribution in [0.1, 0.15) is 36.8 Å². The number of methoxy groups -OCH3 is 2. The van der Waals surface area contributed by atoms with Crippen molar-refractivity contribution in [3.63, 3.8) is 0 Å². The van der Waals surface area contributed by atoms with Crippen molar-refractivity contribution >= 4 is 0 Å². The van der Waals surface area contributed by atoms with Crippen LogP contribution in [-0.2, 0) is 6.42 Å². The summed E-state index contributed by atoms with van der Waals surface area (Å²) in [7, 11) is 3.37. The first kappa shape index (κ1) is 14.2. The van der Waals surface area contributed by atoms with Crippen molar-refractivity contribution in [2.75, 3.05) is 20.8 Å². The van der Waals surface area contributed by atoms with E-state index in [0.29, 0.717) is 0 Å². The molecule has 0 amide bonds. The minimum atomic E-state index is 0.819. The van der Waals surface area contributed by atoms with Gasteiger partial charge in [-0.2, -0.15) is 0 Å². The van der Waals surface area contributed by atoms with Crippen molar-refractivity contribution in [3.8, 4) is 11.5 Å². The highest BCUT2D eigenvalue weighted by molar-refractivity contribution is 5.47. The van der Waals surface area contributed by atoms with E-state index < -0.39 is 0 Å². The highest BCUT2D eigenvalue weighted by Gasteiger charge is 2.19. The molecule has 1 aliphatic carbocycles. The fourth-order valence-corrected chi connectivity index (χ4v) is 2.33. The van der Waals surface area contributed by atoms with Crippen LogP contribution < -0.4 is 14.8 Å². The van der Waals surface area contributed by atoms with Crippen molar-refractivity contribution in [3.05, 3.63) is 23.3 Å². The summed E-state index contributed by atoms with van der Waals surface area (Å²) in [6.45, 7) is 3.29. The fourth-order valence-electron chi connectivity index (χ4n) is 2.33. The van der Waals surface area contributed by atoms with Gasteiger partial charge in [-0.1, -0.05) is 0 Å². The summed E-state index contributed by atoms with van der Waals surface area (Å²) in [5.74, 6) is 1.65. The first-order chi connectivity index (χ1) is 9.24. The van der Waals surface area contributed by atoms with Crippen LogP contribution in [0.5, 0.6) is 11.5 Å². The number of unbranched alkanes of at least 4 members (excludes halogenated alkanes) is 1. The second-order valence-electron chi connectivity index (χ2n) is 5.32. The van der Waals surface area contributed by atoms with Gasteiger partial charge in [0.2, 0.25) is 0 Å². The molecule has 3 nitrogen and oxygen atoms in total. The highest BCUT2D eigenvalue weighted by atomic mass is 16.5. The van der Waals surface area contributed by atoms with Gasteiger partial charge in [0.25, 0.3) is 0 Å². The number of hydrogen-bond acceptors (Lipinski definition) is 3. The predicted octanol–water partition coefficient (Wildman–Crippen LogP) is 3.09. The Morgan fingerprint density at radius 3 is 2.42 bits per heavy atom. The van der Waals surface area contributed by atoms with E-state index in [-0.39, 0.29) is 0 Å². The quantitative estimate of drug-likeness (QED) is 0.731. The lowest BCUT2D eigenvalue weighted by Crippen LogP contribution is -2.17. The first-order valence-electron chi connectivity index (χ1n) is 7.19. The lowest BCUT2D eigenvalue weighted by molar-refractivity contribution is 0.354. The maximum Gasteiger partial charge on any atom is 0.161 e. The van der Waals surface area contributed by atoms with E-state index in [9.17, 15) is 0 Å². The second-order valence-corrected chi connectivity index (χ2v) is 5.32. The number of ether oxygens (including phenoxy) is 2. The third kappa shape index (κ3) is 4.13. The van der Waals surface area contributed by atoms with Gasteiger partial charge in [-0.15, -0.1) is 0 Å². The summed E-state index contributed by atoms with van der Waals surface area (Å²) in [6, 6.07) is 5.00. The molecule has 2 rings (SSSR count). The van der Waals surface area contributed by atoms with E-state index in [2.05, 4.69) is 24.4 Å². The molecule has 0 atom stereocenters. The van der Waals surface area contributed by atoms with E-state index in [1.807, 2.05) is 0 Å². The van der Waals surface area contributed by atoms with Crippen LogP contribution in [0.25, 0.3) is 0 Å². The molecule has 1 N–H and O–H groups in total.